The lowest BCUT2D eigenvalue weighted by atomic mass is 10.3. The first-order valence-electron chi connectivity index (χ1n) is 5.54. The molecule has 0 saturated carbocycles. The fourth-order valence-electron chi connectivity index (χ4n) is 1.88. The SMILES string of the molecule is [CH2]CC(=O)N1CCN(c2ccccn2)CC1. The van der Waals surface area contributed by atoms with E-state index in [1.807, 2.05) is 23.1 Å². The molecule has 0 N–H and O–H groups in total. The standard InChI is InChI=1S/C12H16N3O/c1-2-12(16)15-9-7-14(8-10-15)11-5-3-4-6-13-11/h3-6H,1-2,7-10H2. The predicted octanol–water partition coefficient (Wildman–Crippen LogP) is 0.954. The molecule has 1 aliphatic heterocycles. The van der Waals surface area contributed by atoms with Gasteiger partial charge in [0.05, 0.1) is 0 Å². The van der Waals surface area contributed by atoms with Crippen molar-refractivity contribution in [3.63, 3.8) is 0 Å². The third-order valence-electron chi connectivity index (χ3n) is 2.82. The van der Waals surface area contributed by atoms with E-state index in [4.69, 9.17) is 0 Å². The number of anilines is 1. The van der Waals surface area contributed by atoms with Crippen molar-refractivity contribution in [3.05, 3.63) is 31.3 Å². The van der Waals surface area contributed by atoms with Crippen molar-refractivity contribution in [2.24, 2.45) is 0 Å². The smallest absolute Gasteiger partial charge is 0.222 e. The van der Waals surface area contributed by atoms with E-state index in [1.165, 1.54) is 0 Å². The number of pyridine rings is 1. The van der Waals surface area contributed by atoms with Gasteiger partial charge in [0.2, 0.25) is 5.91 Å². The van der Waals surface area contributed by atoms with Crippen LogP contribution in [0.4, 0.5) is 5.82 Å². The molecule has 0 unspecified atom stereocenters. The Balaban J connectivity index is 1.93. The largest absolute Gasteiger partial charge is 0.353 e. The van der Waals surface area contributed by atoms with E-state index in [0.717, 1.165) is 32.0 Å². The molecule has 1 aliphatic rings. The molecule has 4 nitrogen and oxygen atoms in total. The van der Waals surface area contributed by atoms with Crippen LogP contribution in [-0.2, 0) is 4.79 Å². The highest BCUT2D eigenvalue weighted by atomic mass is 16.2. The third kappa shape index (κ3) is 2.32. The highest BCUT2D eigenvalue weighted by Crippen LogP contribution is 2.12. The molecule has 85 valence electrons. The van der Waals surface area contributed by atoms with Gasteiger partial charge in [-0.3, -0.25) is 4.79 Å². The van der Waals surface area contributed by atoms with Gasteiger partial charge in [0, 0.05) is 38.8 Å². The topological polar surface area (TPSA) is 36.4 Å². The Labute approximate surface area is 95.9 Å². The fourth-order valence-corrected chi connectivity index (χ4v) is 1.88. The number of amides is 1. The normalized spacial score (nSPS) is 16.3. The number of carbonyl (C=O) groups is 1. The molecule has 4 heteroatoms. The Bertz CT molecular complexity index is 345. The summed E-state index contributed by atoms with van der Waals surface area (Å²) in [5, 5.41) is 0. The summed E-state index contributed by atoms with van der Waals surface area (Å²) in [4.78, 5) is 19.8. The van der Waals surface area contributed by atoms with Crippen LogP contribution in [0.3, 0.4) is 0 Å². The van der Waals surface area contributed by atoms with Crippen LogP contribution < -0.4 is 4.90 Å². The maximum absolute atomic E-state index is 11.4. The summed E-state index contributed by atoms with van der Waals surface area (Å²) in [6.07, 6.45) is 2.15. The average Bonchev–Trinajstić information content (AvgIpc) is 2.39. The van der Waals surface area contributed by atoms with E-state index in [-0.39, 0.29) is 5.91 Å². The number of nitrogens with zero attached hydrogens (tertiary/aromatic N) is 3. The number of aromatic nitrogens is 1. The zero-order valence-corrected chi connectivity index (χ0v) is 9.30. The molecule has 1 radical (unpaired) electrons. The van der Waals surface area contributed by atoms with Crippen LogP contribution in [0.2, 0.25) is 0 Å². The first-order valence-corrected chi connectivity index (χ1v) is 5.54. The van der Waals surface area contributed by atoms with Crippen molar-refractivity contribution in [1.29, 1.82) is 0 Å². The summed E-state index contributed by atoms with van der Waals surface area (Å²) in [5.74, 6) is 1.13. The second-order valence-electron chi connectivity index (χ2n) is 3.81. The van der Waals surface area contributed by atoms with Crippen LogP contribution in [0.1, 0.15) is 6.42 Å². The van der Waals surface area contributed by atoms with Gasteiger partial charge in [-0.2, -0.15) is 0 Å². The quantitative estimate of drug-likeness (QED) is 0.741. The molecule has 0 aliphatic carbocycles. The van der Waals surface area contributed by atoms with Gasteiger partial charge < -0.3 is 9.80 Å². The van der Waals surface area contributed by atoms with Crippen LogP contribution in [0.25, 0.3) is 0 Å². The van der Waals surface area contributed by atoms with Gasteiger partial charge in [0.15, 0.2) is 0 Å². The fraction of sp³-hybridized carbons (Fsp3) is 0.417. The highest BCUT2D eigenvalue weighted by Gasteiger charge is 2.20. The van der Waals surface area contributed by atoms with E-state index >= 15 is 0 Å². The summed E-state index contributed by atoms with van der Waals surface area (Å²) in [5.41, 5.74) is 0. The molecule has 0 spiro atoms. The molecule has 0 aromatic carbocycles. The lowest BCUT2D eigenvalue weighted by Crippen LogP contribution is -2.48. The number of rotatable bonds is 2. The first kappa shape index (κ1) is 10.9. The molecule has 1 aromatic rings. The van der Waals surface area contributed by atoms with E-state index in [9.17, 15) is 4.79 Å². The Kier molecular flexibility index (Phi) is 3.39. The van der Waals surface area contributed by atoms with E-state index in [2.05, 4.69) is 16.8 Å². The molecule has 1 amide bonds. The number of hydrogen-bond donors (Lipinski definition) is 0. The second kappa shape index (κ2) is 4.96. The van der Waals surface area contributed by atoms with E-state index < -0.39 is 0 Å². The summed E-state index contributed by atoms with van der Waals surface area (Å²) in [6, 6.07) is 5.89. The maximum Gasteiger partial charge on any atom is 0.222 e. The van der Waals surface area contributed by atoms with Crippen LogP contribution in [0.15, 0.2) is 24.4 Å². The number of hydrogen-bond acceptors (Lipinski definition) is 3. The summed E-state index contributed by atoms with van der Waals surface area (Å²) < 4.78 is 0. The van der Waals surface area contributed by atoms with Crippen molar-refractivity contribution in [1.82, 2.24) is 9.88 Å². The van der Waals surface area contributed by atoms with Crippen LogP contribution in [-0.4, -0.2) is 42.0 Å². The first-order chi connectivity index (χ1) is 7.81. The predicted molar refractivity (Wildman–Crippen MR) is 63.0 cm³/mol. The molecule has 0 bridgehead atoms. The van der Waals surface area contributed by atoms with Crippen molar-refractivity contribution in [2.75, 3.05) is 31.1 Å². The van der Waals surface area contributed by atoms with Crippen molar-refractivity contribution >= 4 is 11.7 Å². The molecule has 2 heterocycles. The number of carbonyl (C=O) groups excluding carboxylic acids is 1. The highest BCUT2D eigenvalue weighted by molar-refractivity contribution is 5.76. The molecule has 1 aromatic heterocycles. The van der Waals surface area contributed by atoms with Gasteiger partial charge in [-0.1, -0.05) is 6.07 Å². The van der Waals surface area contributed by atoms with E-state index in [1.54, 1.807) is 6.20 Å². The lowest BCUT2D eigenvalue weighted by Gasteiger charge is -2.35. The van der Waals surface area contributed by atoms with Gasteiger partial charge in [-0.05, 0) is 19.1 Å². The minimum absolute atomic E-state index is 0.140. The van der Waals surface area contributed by atoms with Gasteiger partial charge in [-0.25, -0.2) is 4.98 Å². The van der Waals surface area contributed by atoms with Gasteiger partial charge in [-0.15, -0.1) is 0 Å². The minimum atomic E-state index is 0.140. The summed E-state index contributed by atoms with van der Waals surface area (Å²) in [7, 11) is 0. The monoisotopic (exact) mass is 218 g/mol. The second-order valence-corrected chi connectivity index (χ2v) is 3.81. The summed E-state index contributed by atoms with van der Waals surface area (Å²) >= 11 is 0. The zero-order valence-electron chi connectivity index (χ0n) is 9.30. The Morgan fingerprint density at radius 1 is 1.31 bits per heavy atom. The third-order valence-corrected chi connectivity index (χ3v) is 2.82. The van der Waals surface area contributed by atoms with Crippen molar-refractivity contribution < 1.29 is 4.79 Å². The lowest BCUT2D eigenvalue weighted by molar-refractivity contribution is -0.130. The van der Waals surface area contributed by atoms with Crippen LogP contribution in [0, 0.1) is 6.92 Å². The van der Waals surface area contributed by atoms with Crippen molar-refractivity contribution in [2.45, 2.75) is 6.42 Å². The zero-order chi connectivity index (χ0) is 11.4. The maximum atomic E-state index is 11.4. The van der Waals surface area contributed by atoms with Crippen LogP contribution >= 0.6 is 0 Å². The molecule has 0 atom stereocenters. The minimum Gasteiger partial charge on any atom is -0.353 e. The van der Waals surface area contributed by atoms with Crippen LogP contribution in [0.5, 0.6) is 0 Å². The molecule has 16 heavy (non-hydrogen) atoms. The van der Waals surface area contributed by atoms with Crippen molar-refractivity contribution in [3.8, 4) is 0 Å². The molecular weight excluding hydrogens is 202 g/mol. The molecule has 1 saturated heterocycles. The molecule has 1 fully saturated rings. The molecule has 2 rings (SSSR count). The van der Waals surface area contributed by atoms with E-state index in [0.29, 0.717) is 6.42 Å². The van der Waals surface area contributed by atoms with Gasteiger partial charge >= 0.3 is 0 Å². The number of piperazine rings is 1. The Hall–Kier alpha value is -1.58. The van der Waals surface area contributed by atoms with Gasteiger partial charge in [0.1, 0.15) is 5.82 Å². The average molecular weight is 218 g/mol. The van der Waals surface area contributed by atoms with Gasteiger partial charge in [0.25, 0.3) is 0 Å². The Morgan fingerprint density at radius 2 is 2.06 bits per heavy atom. The Morgan fingerprint density at radius 3 is 2.62 bits per heavy atom. The molecular formula is C12H16N3O. The summed E-state index contributed by atoms with van der Waals surface area (Å²) in [6.45, 7) is 6.86.